The average molecular weight is 403 g/mol. The van der Waals surface area contributed by atoms with E-state index in [2.05, 4.69) is 20.6 Å². The number of carbonyl (C=O) groups is 1. The molecule has 150 valence electrons. The van der Waals surface area contributed by atoms with Crippen molar-refractivity contribution in [2.45, 2.75) is 13.1 Å². The molecule has 0 bridgehead atoms. The summed E-state index contributed by atoms with van der Waals surface area (Å²) in [6.07, 6.45) is 4.68. The van der Waals surface area contributed by atoms with Crippen molar-refractivity contribution in [3.05, 3.63) is 102 Å². The Hall–Kier alpha value is -4.07. The molecule has 0 saturated heterocycles. The molecule has 0 unspecified atom stereocenters. The lowest BCUT2D eigenvalue weighted by molar-refractivity contribution is 0.0945. The predicted octanol–water partition coefficient (Wildman–Crippen LogP) is 3.58. The Balaban J connectivity index is 1.34. The Morgan fingerprint density at radius 2 is 1.93 bits per heavy atom. The predicted molar refractivity (Wildman–Crippen MR) is 107 cm³/mol. The number of benzene rings is 2. The van der Waals surface area contributed by atoms with Crippen LogP contribution in [0.1, 0.15) is 21.6 Å². The zero-order chi connectivity index (χ0) is 20.8. The third-order valence-corrected chi connectivity index (χ3v) is 4.27. The lowest BCUT2D eigenvalue weighted by atomic mass is 10.2. The minimum atomic E-state index is -0.528. The number of amides is 1. The number of halogens is 1. The lowest BCUT2D eigenvalue weighted by Crippen LogP contribution is -2.23. The number of carbonyl (C=O) groups excluding carboxylic acids is 1. The first-order chi connectivity index (χ1) is 14.7. The number of nitrogens with one attached hydrogen (secondary N) is 1. The second kappa shape index (κ2) is 8.95. The van der Waals surface area contributed by atoms with Gasteiger partial charge in [-0.3, -0.25) is 9.78 Å². The molecular weight excluding hydrogens is 385 g/mol. The van der Waals surface area contributed by atoms with Gasteiger partial charge in [-0.25, -0.2) is 9.07 Å². The fourth-order valence-electron chi connectivity index (χ4n) is 2.79. The molecule has 1 N–H and O–H groups in total. The molecule has 0 radical (unpaired) electrons. The summed E-state index contributed by atoms with van der Waals surface area (Å²) in [5.41, 5.74) is 1.84. The first kappa shape index (κ1) is 19.3. The summed E-state index contributed by atoms with van der Waals surface area (Å²) in [6.45, 7) is 0.666. The maximum Gasteiger partial charge on any atom is 0.273 e. The van der Waals surface area contributed by atoms with E-state index in [0.717, 1.165) is 5.56 Å². The van der Waals surface area contributed by atoms with Crippen LogP contribution in [0.4, 0.5) is 4.39 Å². The van der Waals surface area contributed by atoms with Gasteiger partial charge in [0.2, 0.25) is 0 Å². The van der Waals surface area contributed by atoms with Gasteiger partial charge in [-0.1, -0.05) is 41.6 Å². The molecule has 0 saturated carbocycles. The summed E-state index contributed by atoms with van der Waals surface area (Å²) >= 11 is 0. The van der Waals surface area contributed by atoms with Gasteiger partial charge in [0.25, 0.3) is 5.91 Å². The quantitative estimate of drug-likeness (QED) is 0.510. The molecule has 0 aliphatic rings. The van der Waals surface area contributed by atoms with Gasteiger partial charge in [0.05, 0.1) is 18.9 Å². The summed E-state index contributed by atoms with van der Waals surface area (Å²) in [4.78, 5) is 16.2. The molecule has 8 heteroatoms. The largest absolute Gasteiger partial charge is 0.453 e. The van der Waals surface area contributed by atoms with E-state index >= 15 is 0 Å². The zero-order valence-electron chi connectivity index (χ0n) is 15.9. The van der Waals surface area contributed by atoms with Gasteiger partial charge in [-0.15, -0.1) is 5.10 Å². The topological polar surface area (TPSA) is 81.9 Å². The Kier molecular flexibility index (Phi) is 5.75. The molecule has 2 heterocycles. The van der Waals surface area contributed by atoms with Gasteiger partial charge in [-0.05, 0) is 35.4 Å². The first-order valence-electron chi connectivity index (χ1n) is 9.26. The van der Waals surface area contributed by atoms with E-state index in [-0.39, 0.29) is 23.9 Å². The second-order valence-electron chi connectivity index (χ2n) is 6.53. The number of rotatable bonds is 7. The van der Waals surface area contributed by atoms with E-state index in [9.17, 15) is 9.18 Å². The van der Waals surface area contributed by atoms with Crippen molar-refractivity contribution < 1.29 is 13.9 Å². The summed E-state index contributed by atoms with van der Waals surface area (Å²) in [6, 6.07) is 17.6. The highest BCUT2D eigenvalue weighted by atomic mass is 19.1. The molecule has 0 atom stereocenters. The van der Waals surface area contributed by atoms with Crippen molar-refractivity contribution in [1.82, 2.24) is 25.3 Å². The third kappa shape index (κ3) is 4.85. The zero-order valence-corrected chi connectivity index (χ0v) is 15.9. The van der Waals surface area contributed by atoms with Crippen LogP contribution in [-0.2, 0) is 13.1 Å². The standard InChI is InChI=1S/C22H18FN5O2/c23-19-11-17(8-9-21(19)30-18-7-4-10-24-13-18)12-25-22(29)20-15-28(27-26-20)14-16-5-2-1-3-6-16/h1-11,13,15H,12,14H2,(H,25,29). The van der Waals surface area contributed by atoms with Gasteiger partial charge in [0.15, 0.2) is 17.3 Å². The lowest BCUT2D eigenvalue weighted by Gasteiger charge is -2.08. The number of aromatic nitrogens is 4. The molecule has 0 aliphatic heterocycles. The highest BCUT2D eigenvalue weighted by Gasteiger charge is 2.12. The Bertz CT molecular complexity index is 1130. The summed E-state index contributed by atoms with van der Waals surface area (Å²) in [5, 5.41) is 10.6. The average Bonchev–Trinajstić information content (AvgIpc) is 3.24. The van der Waals surface area contributed by atoms with Crippen LogP contribution in [-0.4, -0.2) is 25.9 Å². The van der Waals surface area contributed by atoms with Crippen LogP contribution < -0.4 is 10.1 Å². The highest BCUT2D eigenvalue weighted by molar-refractivity contribution is 5.91. The van der Waals surface area contributed by atoms with Crippen LogP contribution in [0.15, 0.2) is 79.3 Å². The summed E-state index contributed by atoms with van der Waals surface area (Å²) < 4.78 is 21.4. The van der Waals surface area contributed by atoms with Crippen molar-refractivity contribution in [1.29, 1.82) is 0 Å². The number of hydrogen-bond acceptors (Lipinski definition) is 5. The first-order valence-corrected chi connectivity index (χ1v) is 9.26. The molecular formula is C22H18FN5O2. The second-order valence-corrected chi connectivity index (χ2v) is 6.53. The highest BCUT2D eigenvalue weighted by Crippen LogP contribution is 2.24. The van der Waals surface area contributed by atoms with E-state index in [4.69, 9.17) is 4.74 Å². The van der Waals surface area contributed by atoms with Gasteiger partial charge in [0, 0.05) is 12.7 Å². The van der Waals surface area contributed by atoms with Crippen molar-refractivity contribution in [2.75, 3.05) is 0 Å². The van der Waals surface area contributed by atoms with E-state index in [1.165, 1.54) is 18.3 Å². The van der Waals surface area contributed by atoms with Crippen LogP contribution in [0.3, 0.4) is 0 Å². The molecule has 7 nitrogen and oxygen atoms in total. The molecule has 0 spiro atoms. The molecule has 4 aromatic rings. The minimum absolute atomic E-state index is 0.0851. The smallest absolute Gasteiger partial charge is 0.273 e. The van der Waals surface area contributed by atoms with E-state index in [0.29, 0.717) is 17.9 Å². The van der Waals surface area contributed by atoms with Gasteiger partial charge in [-0.2, -0.15) is 0 Å². The molecule has 0 aliphatic carbocycles. The minimum Gasteiger partial charge on any atom is -0.453 e. The normalized spacial score (nSPS) is 10.6. The maximum atomic E-state index is 14.3. The SMILES string of the molecule is O=C(NCc1ccc(Oc2cccnc2)c(F)c1)c1cn(Cc2ccccc2)nn1. The maximum absolute atomic E-state index is 14.3. The Morgan fingerprint density at radius 1 is 1.07 bits per heavy atom. The van der Waals surface area contributed by atoms with Crippen LogP contribution in [0.5, 0.6) is 11.5 Å². The van der Waals surface area contributed by atoms with Gasteiger partial charge < -0.3 is 10.1 Å². The van der Waals surface area contributed by atoms with Gasteiger partial charge in [0.1, 0.15) is 5.75 Å². The van der Waals surface area contributed by atoms with Crippen LogP contribution in [0.25, 0.3) is 0 Å². The van der Waals surface area contributed by atoms with Crippen LogP contribution in [0, 0.1) is 5.82 Å². The third-order valence-electron chi connectivity index (χ3n) is 4.27. The van der Waals surface area contributed by atoms with Crippen molar-refractivity contribution >= 4 is 5.91 Å². The van der Waals surface area contributed by atoms with E-state index < -0.39 is 5.82 Å². The number of hydrogen-bond donors (Lipinski definition) is 1. The fraction of sp³-hybridized carbons (Fsp3) is 0.0909. The van der Waals surface area contributed by atoms with Crippen molar-refractivity contribution in [3.63, 3.8) is 0 Å². The molecule has 0 fully saturated rings. The number of ether oxygens (including phenoxy) is 1. The fourth-order valence-corrected chi connectivity index (χ4v) is 2.79. The number of pyridine rings is 1. The number of nitrogens with zero attached hydrogens (tertiary/aromatic N) is 4. The molecule has 2 aromatic heterocycles. The molecule has 1 amide bonds. The summed E-state index contributed by atoms with van der Waals surface area (Å²) in [7, 11) is 0. The van der Waals surface area contributed by atoms with Gasteiger partial charge >= 0.3 is 0 Å². The van der Waals surface area contributed by atoms with Crippen molar-refractivity contribution in [2.24, 2.45) is 0 Å². The van der Waals surface area contributed by atoms with E-state index in [1.54, 1.807) is 35.3 Å². The molecule has 2 aromatic carbocycles. The summed E-state index contributed by atoms with van der Waals surface area (Å²) in [5.74, 6) is -0.386. The molecule has 30 heavy (non-hydrogen) atoms. The van der Waals surface area contributed by atoms with Crippen LogP contribution in [0.2, 0.25) is 0 Å². The van der Waals surface area contributed by atoms with E-state index in [1.807, 2.05) is 30.3 Å². The molecule has 4 rings (SSSR count). The Labute approximate surface area is 172 Å². The van der Waals surface area contributed by atoms with Crippen molar-refractivity contribution in [3.8, 4) is 11.5 Å². The Morgan fingerprint density at radius 3 is 2.70 bits per heavy atom. The van der Waals surface area contributed by atoms with Crippen LogP contribution >= 0.6 is 0 Å². The monoisotopic (exact) mass is 403 g/mol.